The van der Waals surface area contributed by atoms with Crippen LogP contribution in [-0.2, 0) is 15.9 Å². The first kappa shape index (κ1) is 24.1. The molecule has 4 rings (SSSR count). The number of esters is 2. The topological polar surface area (TPSA) is 127 Å². The quantitative estimate of drug-likeness (QED) is 0.270. The minimum absolute atomic E-state index is 0. The lowest BCUT2D eigenvalue weighted by Gasteiger charge is -2.03. The van der Waals surface area contributed by atoms with Gasteiger partial charge in [0.15, 0.2) is 0 Å². The highest BCUT2D eigenvalue weighted by Gasteiger charge is 2.15. The molecule has 2 heterocycles. The number of benzene rings is 2. The standard InChI is InChI=1S/C12H12N2O4.C10H9NO2.CH4/c1-18-12(15)9-3-2-4-10-11(9)8(7-13-10)5-6-14(16)17;1-13-10(12)8-3-2-4-9-7(8)5-6-11-9;/h2-4,7,13H,5-6H2,1H3;2-6,11H,1H3;1H4. The number of methoxy groups -OCH3 is 2. The predicted molar refractivity (Wildman–Crippen MR) is 122 cm³/mol. The number of fused-ring (bicyclic) bond motifs is 2. The molecule has 4 aromatic rings. The second-order valence-electron chi connectivity index (χ2n) is 6.58. The van der Waals surface area contributed by atoms with Gasteiger partial charge in [0.05, 0.1) is 25.3 Å². The molecule has 0 saturated carbocycles. The lowest BCUT2D eigenvalue weighted by atomic mass is 10.0. The fraction of sp³-hybridized carbons (Fsp3) is 0.217. The maximum Gasteiger partial charge on any atom is 0.338 e. The third-order valence-corrected chi connectivity index (χ3v) is 4.76. The van der Waals surface area contributed by atoms with E-state index in [0.29, 0.717) is 16.5 Å². The van der Waals surface area contributed by atoms with Gasteiger partial charge in [0, 0.05) is 45.5 Å². The van der Waals surface area contributed by atoms with Crippen LogP contribution >= 0.6 is 0 Å². The zero-order valence-electron chi connectivity index (χ0n) is 17.0. The molecule has 0 saturated heterocycles. The number of carbonyl (C=O) groups excluding carboxylic acids is 2. The van der Waals surface area contributed by atoms with Crippen molar-refractivity contribution in [3.05, 3.63) is 81.7 Å². The van der Waals surface area contributed by atoms with Gasteiger partial charge >= 0.3 is 11.9 Å². The third kappa shape index (κ3) is 5.12. The molecule has 32 heavy (non-hydrogen) atoms. The van der Waals surface area contributed by atoms with E-state index in [1.54, 1.807) is 30.6 Å². The number of nitrogens with zero attached hydrogens (tertiary/aromatic N) is 1. The number of carbonyl (C=O) groups is 2. The Morgan fingerprint density at radius 2 is 1.56 bits per heavy atom. The van der Waals surface area contributed by atoms with E-state index in [1.165, 1.54) is 14.2 Å². The number of aromatic nitrogens is 2. The number of nitrogens with one attached hydrogen (secondary N) is 2. The summed E-state index contributed by atoms with van der Waals surface area (Å²) in [7, 11) is 2.69. The van der Waals surface area contributed by atoms with E-state index >= 15 is 0 Å². The van der Waals surface area contributed by atoms with Gasteiger partial charge in [0.2, 0.25) is 6.54 Å². The van der Waals surface area contributed by atoms with Gasteiger partial charge in [-0.3, -0.25) is 10.1 Å². The number of rotatable bonds is 5. The van der Waals surface area contributed by atoms with Crippen LogP contribution in [0.3, 0.4) is 0 Å². The molecule has 0 bridgehead atoms. The first-order valence-corrected chi connectivity index (χ1v) is 9.39. The molecule has 9 nitrogen and oxygen atoms in total. The lowest BCUT2D eigenvalue weighted by molar-refractivity contribution is -0.479. The molecular formula is C23H25N3O6. The van der Waals surface area contributed by atoms with Crippen molar-refractivity contribution in [2.75, 3.05) is 20.8 Å². The molecule has 2 aromatic heterocycles. The minimum Gasteiger partial charge on any atom is -0.465 e. The Kier molecular flexibility index (Phi) is 8.11. The number of H-pyrrole nitrogens is 2. The van der Waals surface area contributed by atoms with Crippen LogP contribution in [-0.4, -0.2) is 47.6 Å². The van der Waals surface area contributed by atoms with Crippen LogP contribution in [0.1, 0.15) is 33.7 Å². The molecule has 0 unspecified atom stereocenters. The number of ether oxygens (including phenoxy) is 2. The Balaban J connectivity index is 0.000000230. The fourth-order valence-electron chi connectivity index (χ4n) is 3.32. The van der Waals surface area contributed by atoms with E-state index < -0.39 is 5.97 Å². The summed E-state index contributed by atoms with van der Waals surface area (Å²) in [4.78, 5) is 39.0. The predicted octanol–water partition coefficient (Wildman–Crippen LogP) is 4.36. The lowest BCUT2D eigenvalue weighted by Crippen LogP contribution is -2.06. The molecule has 0 aliphatic carbocycles. The summed E-state index contributed by atoms with van der Waals surface area (Å²) in [6.45, 7) is -0.164. The zero-order chi connectivity index (χ0) is 22.4. The number of hydrogen-bond donors (Lipinski definition) is 2. The molecular weight excluding hydrogens is 414 g/mol. The minimum atomic E-state index is -0.442. The SMILES string of the molecule is C.COC(=O)c1cccc2[nH]cc(CC[N+](=O)[O-])c12.COC(=O)c1cccc2[nH]ccc12. The van der Waals surface area contributed by atoms with E-state index in [1.807, 2.05) is 24.3 Å². The van der Waals surface area contributed by atoms with Crippen molar-refractivity contribution in [1.29, 1.82) is 0 Å². The average Bonchev–Trinajstić information content (AvgIpc) is 3.43. The molecule has 168 valence electrons. The molecule has 0 fully saturated rings. The van der Waals surface area contributed by atoms with Crippen molar-refractivity contribution in [3.8, 4) is 0 Å². The largest absolute Gasteiger partial charge is 0.465 e. The van der Waals surface area contributed by atoms with Gasteiger partial charge in [-0.2, -0.15) is 0 Å². The van der Waals surface area contributed by atoms with E-state index in [4.69, 9.17) is 4.74 Å². The Morgan fingerprint density at radius 1 is 0.938 bits per heavy atom. The van der Waals surface area contributed by atoms with E-state index in [0.717, 1.165) is 22.0 Å². The van der Waals surface area contributed by atoms with Gasteiger partial charge in [0.1, 0.15) is 0 Å². The monoisotopic (exact) mass is 439 g/mol. The summed E-state index contributed by atoms with van der Waals surface area (Å²) in [5, 5.41) is 12.0. The maximum atomic E-state index is 11.6. The summed E-state index contributed by atoms with van der Waals surface area (Å²) < 4.78 is 9.37. The Morgan fingerprint density at radius 3 is 2.22 bits per heavy atom. The van der Waals surface area contributed by atoms with Crippen LogP contribution in [0.5, 0.6) is 0 Å². The van der Waals surface area contributed by atoms with E-state index in [9.17, 15) is 19.7 Å². The Bertz CT molecular complexity index is 1240. The van der Waals surface area contributed by atoms with Crippen molar-refractivity contribution in [2.24, 2.45) is 0 Å². The van der Waals surface area contributed by atoms with Crippen LogP contribution < -0.4 is 0 Å². The van der Waals surface area contributed by atoms with Crippen LogP contribution in [0.15, 0.2) is 54.9 Å². The Hall–Kier alpha value is -4.14. The van der Waals surface area contributed by atoms with Crippen LogP contribution in [0.25, 0.3) is 21.8 Å². The first-order chi connectivity index (χ1) is 15.0. The van der Waals surface area contributed by atoms with E-state index in [2.05, 4.69) is 14.7 Å². The summed E-state index contributed by atoms with van der Waals surface area (Å²) in [6.07, 6.45) is 3.78. The van der Waals surface area contributed by atoms with Crippen LogP contribution in [0.4, 0.5) is 0 Å². The van der Waals surface area contributed by atoms with Gasteiger partial charge < -0.3 is 19.4 Å². The molecule has 9 heteroatoms. The normalized spacial score (nSPS) is 10.1. The van der Waals surface area contributed by atoms with E-state index in [-0.39, 0.29) is 31.3 Å². The van der Waals surface area contributed by atoms with Crippen molar-refractivity contribution in [3.63, 3.8) is 0 Å². The molecule has 0 radical (unpaired) electrons. The van der Waals surface area contributed by atoms with Crippen molar-refractivity contribution in [2.45, 2.75) is 13.8 Å². The second kappa shape index (κ2) is 10.8. The van der Waals surface area contributed by atoms with Gasteiger partial charge in [-0.1, -0.05) is 19.6 Å². The highest BCUT2D eigenvalue weighted by Crippen LogP contribution is 2.24. The van der Waals surface area contributed by atoms with Gasteiger partial charge in [-0.05, 0) is 35.9 Å². The summed E-state index contributed by atoms with van der Waals surface area (Å²) in [5.41, 5.74) is 3.50. The molecule has 2 aromatic carbocycles. The highest BCUT2D eigenvalue weighted by molar-refractivity contribution is 6.05. The second-order valence-corrected chi connectivity index (χ2v) is 6.58. The Labute approximate surface area is 184 Å². The molecule has 0 spiro atoms. The molecule has 0 aliphatic rings. The smallest absolute Gasteiger partial charge is 0.338 e. The fourth-order valence-corrected chi connectivity index (χ4v) is 3.32. The van der Waals surface area contributed by atoms with Crippen molar-refractivity contribution < 1.29 is 24.0 Å². The summed E-state index contributed by atoms with van der Waals surface area (Å²) in [6, 6.07) is 12.6. The van der Waals surface area contributed by atoms with Crippen molar-refractivity contribution in [1.82, 2.24) is 9.97 Å². The molecule has 0 amide bonds. The molecule has 2 N–H and O–H groups in total. The highest BCUT2D eigenvalue weighted by atomic mass is 16.6. The van der Waals surface area contributed by atoms with Gasteiger partial charge in [0.25, 0.3) is 0 Å². The first-order valence-electron chi connectivity index (χ1n) is 9.39. The summed E-state index contributed by atoms with van der Waals surface area (Å²) >= 11 is 0. The maximum absolute atomic E-state index is 11.6. The van der Waals surface area contributed by atoms with Crippen LogP contribution in [0, 0.1) is 10.1 Å². The number of nitro groups is 1. The van der Waals surface area contributed by atoms with Gasteiger partial charge in [-0.15, -0.1) is 0 Å². The third-order valence-electron chi connectivity index (χ3n) is 4.76. The average molecular weight is 439 g/mol. The van der Waals surface area contributed by atoms with Crippen LogP contribution in [0.2, 0.25) is 0 Å². The molecule has 0 atom stereocenters. The number of aromatic amines is 2. The van der Waals surface area contributed by atoms with Gasteiger partial charge in [-0.25, -0.2) is 9.59 Å². The number of hydrogen-bond acceptors (Lipinski definition) is 6. The zero-order valence-corrected chi connectivity index (χ0v) is 17.0. The van der Waals surface area contributed by atoms with Crippen molar-refractivity contribution >= 4 is 33.7 Å². The summed E-state index contributed by atoms with van der Waals surface area (Å²) in [5.74, 6) is -0.743. The molecule has 0 aliphatic heterocycles.